The molecule has 6 heteroatoms. The summed E-state index contributed by atoms with van der Waals surface area (Å²) in [5.41, 5.74) is -0.269. The van der Waals surface area contributed by atoms with Gasteiger partial charge in [-0.1, -0.05) is 32.5 Å². The van der Waals surface area contributed by atoms with Crippen LogP contribution in [0.25, 0.3) is 0 Å². The van der Waals surface area contributed by atoms with Gasteiger partial charge in [-0.3, -0.25) is 4.79 Å². The lowest BCUT2D eigenvalue weighted by Gasteiger charge is -2.35. The highest BCUT2D eigenvalue weighted by Crippen LogP contribution is 2.28. The predicted octanol–water partition coefficient (Wildman–Crippen LogP) is 3.24. The molecular weight excluding hydrogens is 296 g/mol. The smallest absolute Gasteiger partial charge is 0.227 e. The highest BCUT2D eigenvalue weighted by Gasteiger charge is 2.30. The van der Waals surface area contributed by atoms with Crippen LogP contribution in [0.4, 0.5) is 0 Å². The molecule has 22 heavy (non-hydrogen) atoms. The summed E-state index contributed by atoms with van der Waals surface area (Å²) in [6, 6.07) is 0.392. The van der Waals surface area contributed by atoms with E-state index in [4.69, 9.17) is 0 Å². The third-order valence-corrected chi connectivity index (χ3v) is 5.28. The second-order valence-corrected chi connectivity index (χ2v) is 8.40. The summed E-state index contributed by atoms with van der Waals surface area (Å²) >= 11 is 1.79. The maximum atomic E-state index is 12.3. The van der Waals surface area contributed by atoms with Crippen molar-refractivity contribution in [2.45, 2.75) is 58.7 Å². The van der Waals surface area contributed by atoms with Crippen molar-refractivity contribution in [3.05, 3.63) is 6.33 Å². The van der Waals surface area contributed by atoms with Crippen molar-refractivity contribution < 1.29 is 4.79 Å². The van der Waals surface area contributed by atoms with Crippen LogP contribution in [0.3, 0.4) is 0 Å². The summed E-state index contributed by atoms with van der Waals surface area (Å²) in [5.74, 6) is 1.99. The summed E-state index contributed by atoms with van der Waals surface area (Å²) in [6.45, 7) is 12.0. The van der Waals surface area contributed by atoms with E-state index in [1.165, 1.54) is 0 Å². The largest absolute Gasteiger partial charge is 0.342 e. The Morgan fingerprint density at radius 2 is 2.00 bits per heavy atom. The highest BCUT2D eigenvalue weighted by atomic mass is 32.2. The van der Waals surface area contributed by atoms with Crippen LogP contribution in [-0.2, 0) is 4.79 Å². The molecule has 0 radical (unpaired) electrons. The van der Waals surface area contributed by atoms with E-state index in [1.54, 1.807) is 18.1 Å². The van der Waals surface area contributed by atoms with Crippen LogP contribution in [0.5, 0.6) is 0 Å². The minimum atomic E-state index is -0.269. The standard InChI is InChI=1S/C16H28N4OS/c1-12(2)20-11-17-18-15(20)22-10-13-6-8-19(9-7-13)14(21)16(3,4)5/h11-13H,6-10H2,1-5H3. The molecule has 124 valence electrons. The summed E-state index contributed by atoms with van der Waals surface area (Å²) in [5, 5.41) is 9.22. The van der Waals surface area contributed by atoms with E-state index in [-0.39, 0.29) is 11.3 Å². The van der Waals surface area contributed by atoms with Crippen molar-refractivity contribution >= 4 is 17.7 Å². The minimum absolute atomic E-state index is 0.269. The first kappa shape index (κ1) is 17.3. The molecule has 0 N–H and O–H groups in total. The number of carbonyl (C=O) groups excluding carboxylic acids is 1. The molecule has 1 aromatic heterocycles. The summed E-state index contributed by atoms with van der Waals surface area (Å²) < 4.78 is 2.11. The Morgan fingerprint density at radius 3 is 2.55 bits per heavy atom. The van der Waals surface area contributed by atoms with Crippen LogP contribution in [-0.4, -0.2) is 44.4 Å². The molecule has 2 rings (SSSR count). The van der Waals surface area contributed by atoms with Crippen LogP contribution >= 0.6 is 11.8 Å². The van der Waals surface area contributed by atoms with E-state index < -0.39 is 0 Å². The molecule has 0 aromatic carbocycles. The van der Waals surface area contributed by atoms with Crippen molar-refractivity contribution in [1.29, 1.82) is 0 Å². The first-order valence-corrected chi connectivity index (χ1v) is 9.09. The molecule has 0 unspecified atom stereocenters. The first-order chi connectivity index (χ1) is 10.3. The van der Waals surface area contributed by atoms with Crippen LogP contribution < -0.4 is 0 Å². The molecule has 1 aromatic rings. The van der Waals surface area contributed by atoms with Gasteiger partial charge in [0.15, 0.2) is 5.16 Å². The molecule has 1 amide bonds. The Bertz CT molecular complexity index is 498. The molecule has 1 aliphatic rings. The summed E-state index contributed by atoms with van der Waals surface area (Å²) in [7, 11) is 0. The number of aromatic nitrogens is 3. The zero-order chi connectivity index (χ0) is 16.3. The lowest BCUT2D eigenvalue weighted by Crippen LogP contribution is -2.44. The third-order valence-electron chi connectivity index (χ3n) is 4.09. The van der Waals surface area contributed by atoms with Gasteiger partial charge in [0, 0.05) is 30.3 Å². The van der Waals surface area contributed by atoms with Crippen LogP contribution in [0.1, 0.15) is 53.5 Å². The Hall–Kier alpha value is -1.04. The van der Waals surface area contributed by atoms with Gasteiger partial charge in [-0.05, 0) is 32.6 Å². The molecule has 5 nitrogen and oxygen atoms in total. The van der Waals surface area contributed by atoms with E-state index in [0.29, 0.717) is 12.0 Å². The van der Waals surface area contributed by atoms with E-state index in [1.807, 2.05) is 25.7 Å². The molecule has 1 fully saturated rings. The molecule has 0 saturated carbocycles. The fourth-order valence-electron chi connectivity index (χ4n) is 2.66. The second kappa shape index (κ2) is 7.02. The zero-order valence-corrected chi connectivity index (χ0v) is 15.2. The average Bonchev–Trinajstić information content (AvgIpc) is 2.92. The van der Waals surface area contributed by atoms with Crippen molar-refractivity contribution in [2.24, 2.45) is 11.3 Å². The van der Waals surface area contributed by atoms with Crippen molar-refractivity contribution in [2.75, 3.05) is 18.8 Å². The van der Waals surface area contributed by atoms with E-state index in [2.05, 4.69) is 28.6 Å². The quantitative estimate of drug-likeness (QED) is 0.798. The lowest BCUT2D eigenvalue weighted by molar-refractivity contribution is -0.140. The third kappa shape index (κ3) is 4.24. The van der Waals surface area contributed by atoms with Gasteiger partial charge in [0.25, 0.3) is 0 Å². The summed E-state index contributed by atoms with van der Waals surface area (Å²) in [6.07, 6.45) is 3.98. The fraction of sp³-hybridized carbons (Fsp3) is 0.812. The van der Waals surface area contributed by atoms with Gasteiger partial charge in [-0.15, -0.1) is 10.2 Å². The Balaban J connectivity index is 1.81. The number of rotatable bonds is 4. The van der Waals surface area contributed by atoms with E-state index in [0.717, 1.165) is 36.8 Å². The number of nitrogens with zero attached hydrogens (tertiary/aromatic N) is 4. The van der Waals surface area contributed by atoms with Crippen LogP contribution in [0.15, 0.2) is 11.5 Å². The van der Waals surface area contributed by atoms with Gasteiger partial charge in [-0.25, -0.2) is 0 Å². The van der Waals surface area contributed by atoms with Crippen molar-refractivity contribution in [3.8, 4) is 0 Å². The van der Waals surface area contributed by atoms with Gasteiger partial charge in [0.05, 0.1) is 0 Å². The highest BCUT2D eigenvalue weighted by molar-refractivity contribution is 7.99. The first-order valence-electron chi connectivity index (χ1n) is 8.10. The molecule has 0 spiro atoms. The number of carbonyl (C=O) groups is 1. The molecule has 1 aliphatic heterocycles. The Morgan fingerprint density at radius 1 is 1.36 bits per heavy atom. The van der Waals surface area contributed by atoms with Gasteiger partial charge < -0.3 is 9.47 Å². The Kier molecular flexibility index (Phi) is 5.53. The molecule has 1 saturated heterocycles. The van der Waals surface area contributed by atoms with Gasteiger partial charge in [0.2, 0.25) is 5.91 Å². The monoisotopic (exact) mass is 324 g/mol. The average molecular weight is 324 g/mol. The molecule has 2 heterocycles. The number of thioether (sulfide) groups is 1. The van der Waals surface area contributed by atoms with E-state index >= 15 is 0 Å². The predicted molar refractivity (Wildman–Crippen MR) is 89.9 cm³/mol. The number of hydrogen-bond donors (Lipinski definition) is 0. The SMILES string of the molecule is CC(C)n1cnnc1SCC1CCN(C(=O)C(C)(C)C)CC1. The van der Waals surface area contributed by atoms with Gasteiger partial charge in [0.1, 0.15) is 6.33 Å². The maximum Gasteiger partial charge on any atom is 0.227 e. The van der Waals surface area contributed by atoms with Crippen LogP contribution in [0.2, 0.25) is 0 Å². The Labute approximate surface area is 137 Å². The van der Waals surface area contributed by atoms with Crippen molar-refractivity contribution in [3.63, 3.8) is 0 Å². The number of likely N-dealkylation sites (tertiary alicyclic amines) is 1. The fourth-order valence-corrected chi connectivity index (χ4v) is 3.89. The maximum absolute atomic E-state index is 12.3. The zero-order valence-electron chi connectivity index (χ0n) is 14.4. The molecule has 0 bridgehead atoms. The topological polar surface area (TPSA) is 51.0 Å². The summed E-state index contributed by atoms with van der Waals surface area (Å²) in [4.78, 5) is 14.3. The molecule has 0 aliphatic carbocycles. The number of amides is 1. The van der Waals surface area contributed by atoms with Crippen LogP contribution in [0, 0.1) is 11.3 Å². The number of hydrogen-bond acceptors (Lipinski definition) is 4. The van der Waals surface area contributed by atoms with Gasteiger partial charge >= 0.3 is 0 Å². The normalized spacial score (nSPS) is 17.3. The minimum Gasteiger partial charge on any atom is -0.342 e. The van der Waals surface area contributed by atoms with Crippen molar-refractivity contribution in [1.82, 2.24) is 19.7 Å². The molecule has 0 atom stereocenters. The number of piperidine rings is 1. The molecular formula is C16H28N4OS. The van der Waals surface area contributed by atoms with E-state index in [9.17, 15) is 4.79 Å². The lowest BCUT2D eigenvalue weighted by atomic mass is 9.92. The second-order valence-electron chi connectivity index (χ2n) is 7.41. The van der Waals surface area contributed by atoms with Gasteiger partial charge in [-0.2, -0.15) is 0 Å².